The van der Waals surface area contributed by atoms with Gasteiger partial charge in [-0.2, -0.15) is 0 Å². The van der Waals surface area contributed by atoms with Gasteiger partial charge in [0.2, 0.25) is 0 Å². The number of nitrogens with two attached hydrogens (primary N) is 1. The van der Waals surface area contributed by atoms with Gasteiger partial charge in [-0.05, 0) is 26.7 Å². The molecule has 7 heteroatoms. The van der Waals surface area contributed by atoms with Crippen molar-refractivity contribution in [1.29, 1.82) is 0 Å². The molecule has 1 fully saturated rings. The summed E-state index contributed by atoms with van der Waals surface area (Å²) in [5.41, 5.74) is 0. The second-order valence-corrected chi connectivity index (χ2v) is 7.35. The molecule has 0 unspecified atom stereocenters. The molecule has 0 spiro atoms. The molecule has 0 amide bonds. The standard InChI is InChI=1S/C13H24N4O2S/c1-10(2)17-12(15-16-13(17)20(14,18)19)11-8-6-4-3-5-7-9-11/h10-11H,3-9H2,1-2H3,(H2,14,18,19). The molecule has 1 aromatic rings. The molecule has 0 radical (unpaired) electrons. The van der Waals surface area contributed by atoms with Crippen molar-refractivity contribution in [3.05, 3.63) is 5.82 Å². The molecule has 1 aliphatic carbocycles. The van der Waals surface area contributed by atoms with Crippen molar-refractivity contribution in [2.24, 2.45) is 5.14 Å². The van der Waals surface area contributed by atoms with Crippen molar-refractivity contribution >= 4 is 10.0 Å². The van der Waals surface area contributed by atoms with Gasteiger partial charge in [0.25, 0.3) is 15.2 Å². The maximum atomic E-state index is 11.6. The average molecular weight is 300 g/mol. The fraction of sp³-hybridized carbons (Fsp3) is 0.846. The zero-order valence-corrected chi connectivity index (χ0v) is 13.1. The maximum absolute atomic E-state index is 11.6. The van der Waals surface area contributed by atoms with Gasteiger partial charge in [-0.25, -0.2) is 13.6 Å². The third-order valence-corrected chi connectivity index (χ3v) is 4.72. The summed E-state index contributed by atoms with van der Waals surface area (Å²) in [6, 6.07) is -0.0150. The van der Waals surface area contributed by atoms with E-state index in [1.807, 2.05) is 13.8 Å². The van der Waals surface area contributed by atoms with Crippen LogP contribution in [0, 0.1) is 0 Å². The van der Waals surface area contributed by atoms with E-state index in [1.54, 1.807) is 4.57 Å². The molecule has 1 saturated carbocycles. The molecule has 0 aliphatic heterocycles. The molecule has 2 rings (SSSR count). The molecule has 1 aromatic heterocycles. The number of nitrogens with zero attached hydrogens (tertiary/aromatic N) is 3. The van der Waals surface area contributed by atoms with Crippen LogP contribution in [0.4, 0.5) is 0 Å². The lowest BCUT2D eigenvalue weighted by Crippen LogP contribution is -2.21. The van der Waals surface area contributed by atoms with Gasteiger partial charge in [0, 0.05) is 12.0 Å². The van der Waals surface area contributed by atoms with Gasteiger partial charge in [0.15, 0.2) is 0 Å². The summed E-state index contributed by atoms with van der Waals surface area (Å²) in [6.07, 6.45) is 8.22. The summed E-state index contributed by atoms with van der Waals surface area (Å²) >= 11 is 0. The van der Waals surface area contributed by atoms with Crippen LogP contribution in [0.25, 0.3) is 0 Å². The van der Waals surface area contributed by atoms with E-state index in [-0.39, 0.29) is 11.2 Å². The Bertz CT molecular complexity index is 543. The quantitative estimate of drug-likeness (QED) is 0.927. The Hall–Kier alpha value is -0.950. The Kier molecular flexibility index (Phi) is 4.80. The van der Waals surface area contributed by atoms with Crippen LogP contribution in [0.3, 0.4) is 0 Å². The zero-order chi connectivity index (χ0) is 14.8. The van der Waals surface area contributed by atoms with Crippen molar-refractivity contribution in [3.8, 4) is 0 Å². The maximum Gasteiger partial charge on any atom is 0.273 e. The SMILES string of the molecule is CC(C)n1c(C2CCCCCCC2)nnc1S(N)(=O)=O. The van der Waals surface area contributed by atoms with E-state index in [9.17, 15) is 8.42 Å². The van der Waals surface area contributed by atoms with Crippen LogP contribution < -0.4 is 5.14 Å². The highest BCUT2D eigenvalue weighted by Gasteiger charge is 2.27. The first-order valence-corrected chi connectivity index (χ1v) is 8.93. The first-order valence-electron chi connectivity index (χ1n) is 7.39. The molecule has 0 atom stereocenters. The Balaban J connectivity index is 2.37. The second kappa shape index (κ2) is 6.22. The van der Waals surface area contributed by atoms with Crippen molar-refractivity contribution in [2.45, 2.75) is 75.9 Å². The molecule has 20 heavy (non-hydrogen) atoms. The van der Waals surface area contributed by atoms with E-state index in [4.69, 9.17) is 5.14 Å². The highest BCUT2D eigenvalue weighted by atomic mass is 32.2. The van der Waals surface area contributed by atoms with E-state index >= 15 is 0 Å². The summed E-state index contributed by atoms with van der Waals surface area (Å²) in [7, 11) is -3.82. The third-order valence-electron chi connectivity index (χ3n) is 3.93. The van der Waals surface area contributed by atoms with Gasteiger partial charge in [0.1, 0.15) is 5.82 Å². The van der Waals surface area contributed by atoms with Crippen LogP contribution in [-0.2, 0) is 10.0 Å². The van der Waals surface area contributed by atoms with E-state index in [0.717, 1.165) is 18.7 Å². The highest BCUT2D eigenvalue weighted by molar-refractivity contribution is 7.89. The first-order chi connectivity index (χ1) is 9.41. The van der Waals surface area contributed by atoms with Gasteiger partial charge in [-0.15, -0.1) is 10.2 Å². The van der Waals surface area contributed by atoms with Crippen molar-refractivity contribution < 1.29 is 8.42 Å². The Morgan fingerprint density at radius 3 is 2.15 bits per heavy atom. The smallest absolute Gasteiger partial charge is 0.273 e. The Morgan fingerprint density at radius 1 is 1.10 bits per heavy atom. The van der Waals surface area contributed by atoms with Gasteiger partial charge in [0.05, 0.1) is 0 Å². The number of rotatable bonds is 3. The van der Waals surface area contributed by atoms with E-state index < -0.39 is 10.0 Å². The summed E-state index contributed by atoms with van der Waals surface area (Å²) in [4.78, 5) is 0. The van der Waals surface area contributed by atoms with Crippen LogP contribution in [0.1, 0.15) is 76.6 Å². The summed E-state index contributed by atoms with van der Waals surface area (Å²) in [6.45, 7) is 3.87. The van der Waals surface area contributed by atoms with Gasteiger partial charge >= 0.3 is 0 Å². The van der Waals surface area contributed by atoms with Crippen molar-refractivity contribution in [2.75, 3.05) is 0 Å². The zero-order valence-electron chi connectivity index (χ0n) is 12.2. The normalized spacial score (nSPS) is 19.0. The van der Waals surface area contributed by atoms with Crippen LogP contribution >= 0.6 is 0 Å². The van der Waals surface area contributed by atoms with Crippen molar-refractivity contribution in [1.82, 2.24) is 14.8 Å². The Labute approximate surface area is 120 Å². The highest BCUT2D eigenvalue weighted by Crippen LogP contribution is 2.32. The summed E-state index contributed by atoms with van der Waals surface area (Å²) < 4.78 is 25.0. The predicted molar refractivity (Wildman–Crippen MR) is 76.8 cm³/mol. The molecule has 114 valence electrons. The van der Waals surface area contributed by atoms with Gasteiger partial charge in [-0.3, -0.25) is 4.57 Å². The molecule has 0 bridgehead atoms. The fourth-order valence-electron chi connectivity index (χ4n) is 2.96. The molecule has 0 aromatic carbocycles. The topological polar surface area (TPSA) is 90.9 Å². The first kappa shape index (κ1) is 15.4. The predicted octanol–water partition coefficient (Wildman–Crippen LogP) is 2.33. The molecule has 1 aliphatic rings. The van der Waals surface area contributed by atoms with Crippen LogP contribution in [-0.4, -0.2) is 23.2 Å². The fourth-order valence-corrected chi connectivity index (χ4v) is 3.69. The largest absolute Gasteiger partial charge is 0.298 e. The number of hydrogen-bond donors (Lipinski definition) is 1. The minimum Gasteiger partial charge on any atom is -0.298 e. The van der Waals surface area contributed by atoms with Crippen molar-refractivity contribution in [3.63, 3.8) is 0 Å². The molecule has 2 N–H and O–H groups in total. The van der Waals surface area contributed by atoms with Gasteiger partial charge in [-0.1, -0.05) is 32.1 Å². The summed E-state index contributed by atoms with van der Waals surface area (Å²) in [5, 5.41) is 13.1. The van der Waals surface area contributed by atoms with E-state index in [2.05, 4.69) is 10.2 Å². The third kappa shape index (κ3) is 3.38. The monoisotopic (exact) mass is 300 g/mol. The van der Waals surface area contributed by atoms with E-state index in [1.165, 1.54) is 32.1 Å². The number of aromatic nitrogens is 3. The molecular formula is C13H24N4O2S. The lowest BCUT2D eigenvalue weighted by atomic mass is 9.90. The number of sulfonamides is 1. The lowest BCUT2D eigenvalue weighted by Gasteiger charge is -2.21. The molecule has 0 saturated heterocycles. The number of primary sulfonamides is 1. The molecule has 1 heterocycles. The number of hydrogen-bond acceptors (Lipinski definition) is 4. The van der Waals surface area contributed by atoms with Crippen LogP contribution in [0.2, 0.25) is 0 Å². The minimum absolute atomic E-state index is 0.0150. The molecular weight excluding hydrogens is 276 g/mol. The van der Waals surface area contributed by atoms with E-state index in [0.29, 0.717) is 5.92 Å². The van der Waals surface area contributed by atoms with Gasteiger partial charge < -0.3 is 0 Å². The van der Waals surface area contributed by atoms with Crippen LogP contribution in [0.5, 0.6) is 0 Å². The lowest BCUT2D eigenvalue weighted by molar-refractivity contribution is 0.411. The summed E-state index contributed by atoms with van der Waals surface area (Å²) in [5.74, 6) is 1.08. The molecule has 6 nitrogen and oxygen atoms in total. The average Bonchev–Trinajstić information content (AvgIpc) is 2.72. The minimum atomic E-state index is -3.82. The Morgan fingerprint density at radius 2 is 1.65 bits per heavy atom. The van der Waals surface area contributed by atoms with Crippen LogP contribution in [0.15, 0.2) is 5.16 Å². The second-order valence-electron chi connectivity index (χ2n) is 5.89.